The quantitative estimate of drug-likeness (QED) is 0.103. The van der Waals surface area contributed by atoms with Crippen molar-refractivity contribution in [3.63, 3.8) is 0 Å². The lowest BCUT2D eigenvalue weighted by molar-refractivity contribution is -0.126. The topological polar surface area (TPSA) is 182 Å². The number of hydrazine groups is 1. The van der Waals surface area contributed by atoms with E-state index < -0.39 is 38.5 Å². The van der Waals surface area contributed by atoms with E-state index in [1.807, 2.05) is 0 Å². The second-order valence-electron chi connectivity index (χ2n) is 9.29. The van der Waals surface area contributed by atoms with Crippen molar-refractivity contribution in [1.82, 2.24) is 20.7 Å². The summed E-state index contributed by atoms with van der Waals surface area (Å²) in [6.45, 7) is -0.507. The summed E-state index contributed by atoms with van der Waals surface area (Å²) in [5.74, 6) is 3.35. The van der Waals surface area contributed by atoms with Gasteiger partial charge in [0.15, 0.2) is 20.9 Å². The third-order valence-electron chi connectivity index (χ3n) is 6.01. The third kappa shape index (κ3) is 7.10. The van der Waals surface area contributed by atoms with Gasteiger partial charge in [0.1, 0.15) is 10.8 Å². The summed E-state index contributed by atoms with van der Waals surface area (Å²) in [4.78, 5) is 29.5. The van der Waals surface area contributed by atoms with Gasteiger partial charge in [-0.25, -0.2) is 28.8 Å². The molecule has 15 heteroatoms. The highest BCUT2D eigenvalue weighted by Crippen LogP contribution is 2.35. The molecule has 3 aromatic rings. The zero-order valence-corrected chi connectivity index (χ0v) is 23.5. The molecule has 0 radical (unpaired) electrons. The molecule has 40 heavy (non-hydrogen) atoms. The van der Waals surface area contributed by atoms with Gasteiger partial charge in [0.25, 0.3) is 0 Å². The summed E-state index contributed by atoms with van der Waals surface area (Å²) in [5.41, 5.74) is 7.48. The van der Waals surface area contributed by atoms with Crippen molar-refractivity contribution >= 4 is 49.0 Å². The van der Waals surface area contributed by atoms with Crippen LogP contribution in [0.5, 0.6) is 0 Å². The number of nitrogens with one attached hydrogen (secondary N) is 2. The Morgan fingerprint density at radius 2 is 1.98 bits per heavy atom. The average molecular weight is 592 g/mol. The Morgan fingerprint density at radius 3 is 2.60 bits per heavy atom. The van der Waals surface area contributed by atoms with Crippen molar-refractivity contribution in [2.45, 2.75) is 24.1 Å². The van der Waals surface area contributed by atoms with Crippen LogP contribution in [0.1, 0.15) is 28.7 Å². The smallest absolute Gasteiger partial charge is 0.245 e. The number of nitrogens with zero attached hydrogens (tertiary/aromatic N) is 3. The molecule has 214 valence electrons. The first-order chi connectivity index (χ1) is 19.0. The van der Waals surface area contributed by atoms with Crippen LogP contribution in [0.3, 0.4) is 0 Å². The maximum atomic E-state index is 15.2. The van der Waals surface area contributed by atoms with Crippen molar-refractivity contribution in [1.29, 1.82) is 0 Å². The second kappa shape index (κ2) is 12.2. The number of thiazole rings is 1. The summed E-state index contributed by atoms with van der Waals surface area (Å²) >= 11 is 0.964. The number of carbonyl (C=O) groups is 2. The number of hydrogen-bond donors (Lipinski definition) is 4. The summed E-state index contributed by atoms with van der Waals surface area (Å²) in [7, 11) is -1.21. The average Bonchev–Trinajstić information content (AvgIpc) is 3.62. The number of methoxy groups -OCH3 is 1. The number of nitrogens with two attached hydrogens (primary N) is 2. The highest BCUT2D eigenvalue weighted by Gasteiger charge is 2.37. The van der Waals surface area contributed by atoms with Gasteiger partial charge in [0, 0.05) is 37.4 Å². The minimum atomic E-state index is -4.09. The van der Waals surface area contributed by atoms with Crippen LogP contribution in [0, 0.1) is 5.82 Å². The van der Waals surface area contributed by atoms with Crippen molar-refractivity contribution < 1.29 is 27.1 Å². The van der Waals surface area contributed by atoms with Crippen molar-refractivity contribution in [2.24, 2.45) is 16.7 Å². The molecule has 12 nitrogen and oxygen atoms in total. The number of fused-ring (bicyclic) bond motifs is 1. The highest BCUT2D eigenvalue weighted by molar-refractivity contribution is 7.92. The Kier molecular flexibility index (Phi) is 8.98. The number of hydrogen-bond acceptors (Lipinski definition) is 10. The first-order valence-corrected chi connectivity index (χ1v) is 14.8. The van der Waals surface area contributed by atoms with Gasteiger partial charge in [0.05, 0.1) is 29.1 Å². The number of carbonyl (C=O) groups excluding carboxylic acids is 2. The van der Waals surface area contributed by atoms with Gasteiger partial charge >= 0.3 is 0 Å². The van der Waals surface area contributed by atoms with Crippen LogP contribution in [0.25, 0.3) is 21.3 Å². The first kappa shape index (κ1) is 29.3. The number of ether oxygens (including phenoxy) is 1. The third-order valence-corrected chi connectivity index (χ3v) is 9.13. The van der Waals surface area contributed by atoms with Crippen molar-refractivity contribution in [2.75, 3.05) is 33.1 Å². The van der Waals surface area contributed by atoms with E-state index in [1.54, 1.807) is 30.3 Å². The van der Waals surface area contributed by atoms with Crippen LogP contribution < -0.4 is 22.2 Å². The fourth-order valence-electron chi connectivity index (χ4n) is 3.86. The molecule has 2 aromatic carbocycles. The number of aromatic nitrogens is 1. The van der Waals surface area contributed by atoms with E-state index in [0.717, 1.165) is 29.3 Å². The molecule has 0 saturated heterocycles. The molecule has 1 aliphatic carbocycles. The van der Waals surface area contributed by atoms with E-state index in [4.69, 9.17) is 16.3 Å². The van der Waals surface area contributed by atoms with E-state index >= 15 is 4.39 Å². The molecule has 2 amide bonds. The molecular weight excluding hydrogens is 561 g/mol. The lowest BCUT2D eigenvalue weighted by atomic mass is 10.0. The van der Waals surface area contributed by atoms with E-state index in [9.17, 15) is 18.0 Å². The molecular formula is C25H30FN7O5S2. The van der Waals surface area contributed by atoms with Crippen LogP contribution in [-0.4, -0.2) is 75.3 Å². The Balaban J connectivity index is 1.64. The van der Waals surface area contributed by atoms with Gasteiger partial charge in [-0.2, -0.15) is 0 Å². The molecule has 1 aliphatic rings. The highest BCUT2D eigenvalue weighted by atomic mass is 32.2. The SMILES string of the molecule is COCCS(=O)(=O)C(C(=O)NCC(=O)NC1CC1)c1nc2cc(F)c(-c3ccc(/C(N)=N/N(C)N)cc3)cc2s1. The van der Waals surface area contributed by atoms with Gasteiger partial charge in [-0.05, 0) is 24.5 Å². The lowest BCUT2D eigenvalue weighted by Crippen LogP contribution is -2.41. The Labute approximate surface area is 234 Å². The van der Waals surface area contributed by atoms with Crippen molar-refractivity contribution in [3.05, 3.63) is 52.8 Å². The standard InChI is InChI=1S/C25H30FN7O5S2/c1-33(28)32-23(27)15-5-3-14(4-6-15)17-11-20-19(12-18(17)26)31-25(39-20)22(40(36,37)10-9-38-2)24(35)29-13-21(34)30-16-7-8-16/h3-6,11-12,16,22H,7-10,13,28H2,1-2H3,(H2,27,32)(H,29,35)(H,30,34). The molecule has 1 unspecified atom stereocenters. The maximum Gasteiger partial charge on any atom is 0.245 e. The predicted octanol–water partition coefficient (Wildman–Crippen LogP) is 1.03. The van der Waals surface area contributed by atoms with E-state index in [-0.39, 0.29) is 41.1 Å². The van der Waals surface area contributed by atoms with Crippen LogP contribution in [0.4, 0.5) is 4.39 Å². The number of amides is 2. The number of rotatable bonds is 12. The Hall–Kier alpha value is -3.66. The first-order valence-electron chi connectivity index (χ1n) is 12.3. The van der Waals surface area contributed by atoms with Crippen LogP contribution >= 0.6 is 11.3 Å². The number of halogens is 1. The summed E-state index contributed by atoms with van der Waals surface area (Å²) in [6, 6.07) is 9.50. The Bertz CT molecular complexity index is 1540. The monoisotopic (exact) mass is 591 g/mol. The van der Waals surface area contributed by atoms with Crippen LogP contribution in [0.2, 0.25) is 0 Å². The maximum absolute atomic E-state index is 15.2. The molecule has 6 N–H and O–H groups in total. The number of sulfone groups is 1. The molecule has 4 rings (SSSR count). The molecule has 0 spiro atoms. The fourth-order valence-corrected chi connectivity index (χ4v) is 6.82. The minimum Gasteiger partial charge on any atom is -0.384 e. The summed E-state index contributed by atoms with van der Waals surface area (Å²) < 4.78 is 46.9. The number of amidine groups is 1. The van der Waals surface area contributed by atoms with Crippen LogP contribution in [-0.2, 0) is 24.2 Å². The molecule has 1 saturated carbocycles. The largest absolute Gasteiger partial charge is 0.384 e. The van der Waals surface area contributed by atoms with Gasteiger partial charge in [-0.15, -0.1) is 16.4 Å². The van der Waals surface area contributed by atoms with Gasteiger partial charge < -0.3 is 21.1 Å². The number of benzene rings is 2. The zero-order valence-electron chi connectivity index (χ0n) is 21.9. The van der Waals surface area contributed by atoms with E-state index in [0.29, 0.717) is 15.8 Å². The molecule has 1 aromatic heterocycles. The van der Waals surface area contributed by atoms with Crippen LogP contribution in [0.15, 0.2) is 41.5 Å². The molecule has 1 atom stereocenters. The second-order valence-corrected chi connectivity index (χ2v) is 12.6. The molecule has 1 fully saturated rings. The summed E-state index contributed by atoms with van der Waals surface area (Å²) in [6.07, 6.45) is 1.74. The Morgan fingerprint density at radius 1 is 1.27 bits per heavy atom. The molecule has 1 heterocycles. The fraction of sp³-hybridized carbons (Fsp3) is 0.360. The zero-order chi connectivity index (χ0) is 29.0. The van der Waals surface area contributed by atoms with Crippen molar-refractivity contribution in [3.8, 4) is 11.1 Å². The molecule has 0 aliphatic heterocycles. The van der Waals surface area contributed by atoms with Gasteiger partial charge in [-0.3, -0.25) is 9.59 Å². The minimum absolute atomic E-state index is 0.0343. The molecule has 0 bridgehead atoms. The summed E-state index contributed by atoms with van der Waals surface area (Å²) in [5, 5.41) is 8.41. The normalized spacial score (nSPS) is 14.7. The lowest BCUT2D eigenvalue weighted by Gasteiger charge is -2.15. The van der Waals surface area contributed by atoms with Gasteiger partial charge in [-0.1, -0.05) is 24.3 Å². The van der Waals surface area contributed by atoms with Gasteiger partial charge in [0.2, 0.25) is 11.8 Å². The van der Waals surface area contributed by atoms with E-state index in [1.165, 1.54) is 20.2 Å². The number of hydrazone groups is 1. The predicted molar refractivity (Wildman–Crippen MR) is 150 cm³/mol. The van der Waals surface area contributed by atoms with E-state index in [2.05, 4.69) is 20.7 Å².